The van der Waals surface area contributed by atoms with Crippen LogP contribution in [0.3, 0.4) is 0 Å². The SMILES string of the molecule is CCSS[C@@H]1CC=CC=C1/C=N/NC(C)=S. The molecular weight excluding hydrogens is 256 g/mol. The van der Waals surface area contributed by atoms with Crippen LogP contribution in [-0.2, 0) is 0 Å². The van der Waals surface area contributed by atoms with E-state index in [1.807, 2.05) is 34.7 Å². The molecule has 0 aromatic rings. The lowest BCUT2D eigenvalue weighted by atomic mass is 10.1. The molecule has 0 saturated carbocycles. The van der Waals surface area contributed by atoms with Crippen LogP contribution in [0, 0.1) is 0 Å². The first-order valence-corrected chi connectivity index (χ1v) is 7.97. The van der Waals surface area contributed by atoms with Gasteiger partial charge in [0.15, 0.2) is 0 Å². The van der Waals surface area contributed by atoms with Crippen molar-refractivity contribution in [2.75, 3.05) is 5.75 Å². The number of hydrazone groups is 1. The standard InChI is InChI=1S/C11H16N2S3/c1-3-15-16-11-7-5-4-6-10(11)8-12-13-9(2)14/h4-6,8,11H,3,7H2,1-2H3,(H,13,14)/b12-8+/t11-/m1/s1. The monoisotopic (exact) mass is 272 g/mol. The highest BCUT2D eigenvalue weighted by Crippen LogP contribution is 2.34. The Kier molecular flexibility index (Phi) is 6.84. The van der Waals surface area contributed by atoms with Crippen molar-refractivity contribution in [2.24, 2.45) is 5.10 Å². The molecule has 0 heterocycles. The van der Waals surface area contributed by atoms with Gasteiger partial charge in [-0.15, -0.1) is 0 Å². The third-order valence-corrected chi connectivity index (χ3v) is 4.86. The number of allylic oxidation sites excluding steroid dienone is 3. The smallest absolute Gasteiger partial charge is 0.0930 e. The fourth-order valence-electron chi connectivity index (χ4n) is 1.19. The van der Waals surface area contributed by atoms with Crippen LogP contribution < -0.4 is 5.43 Å². The minimum Gasteiger partial charge on any atom is -0.272 e. The average molecular weight is 272 g/mol. The van der Waals surface area contributed by atoms with E-state index >= 15 is 0 Å². The van der Waals surface area contributed by atoms with Crippen molar-refractivity contribution in [3.63, 3.8) is 0 Å². The maximum absolute atomic E-state index is 4.89. The number of nitrogens with zero attached hydrogens (tertiary/aromatic N) is 1. The second kappa shape index (κ2) is 7.92. The van der Waals surface area contributed by atoms with Gasteiger partial charge >= 0.3 is 0 Å². The van der Waals surface area contributed by atoms with Crippen molar-refractivity contribution in [3.8, 4) is 0 Å². The van der Waals surface area contributed by atoms with Crippen molar-refractivity contribution in [1.29, 1.82) is 0 Å². The first-order chi connectivity index (χ1) is 7.74. The van der Waals surface area contributed by atoms with Gasteiger partial charge in [0.25, 0.3) is 0 Å². The van der Waals surface area contributed by atoms with Gasteiger partial charge in [-0.1, -0.05) is 59.0 Å². The number of hydrogen-bond donors (Lipinski definition) is 1. The molecule has 1 aliphatic rings. The Labute approximate surface area is 110 Å². The molecule has 0 aromatic heterocycles. The minimum atomic E-state index is 0.505. The number of rotatable bonds is 5. The Morgan fingerprint density at radius 3 is 3.25 bits per heavy atom. The maximum atomic E-state index is 4.89. The van der Waals surface area contributed by atoms with Gasteiger partial charge in [-0.3, -0.25) is 5.43 Å². The van der Waals surface area contributed by atoms with Gasteiger partial charge in [0, 0.05) is 11.0 Å². The zero-order valence-electron chi connectivity index (χ0n) is 9.47. The summed E-state index contributed by atoms with van der Waals surface area (Å²) in [5, 5.41) is 4.62. The van der Waals surface area contributed by atoms with E-state index in [9.17, 15) is 0 Å². The van der Waals surface area contributed by atoms with E-state index < -0.39 is 0 Å². The van der Waals surface area contributed by atoms with Crippen molar-refractivity contribution >= 4 is 45.0 Å². The number of thiocarbonyl (C=S) groups is 1. The first-order valence-electron chi connectivity index (χ1n) is 5.18. The van der Waals surface area contributed by atoms with Gasteiger partial charge in [0.1, 0.15) is 0 Å². The molecule has 2 nitrogen and oxygen atoms in total. The van der Waals surface area contributed by atoms with Gasteiger partial charge in [-0.2, -0.15) is 5.10 Å². The molecule has 88 valence electrons. The zero-order chi connectivity index (χ0) is 11.8. The molecule has 0 unspecified atom stereocenters. The summed E-state index contributed by atoms with van der Waals surface area (Å²) in [7, 11) is 3.80. The molecule has 0 amide bonds. The summed E-state index contributed by atoms with van der Waals surface area (Å²) in [6.45, 7) is 3.99. The molecule has 0 spiro atoms. The summed E-state index contributed by atoms with van der Waals surface area (Å²) in [5.41, 5.74) is 4.04. The molecule has 1 aliphatic carbocycles. The summed E-state index contributed by atoms with van der Waals surface area (Å²) in [5.74, 6) is 1.13. The highest BCUT2D eigenvalue weighted by Gasteiger charge is 2.14. The Bertz CT molecular complexity index is 321. The van der Waals surface area contributed by atoms with Crippen LogP contribution in [0.15, 0.2) is 28.9 Å². The number of hydrogen-bond acceptors (Lipinski definition) is 4. The van der Waals surface area contributed by atoms with Crippen LogP contribution in [0.2, 0.25) is 0 Å². The normalized spacial score (nSPS) is 19.9. The van der Waals surface area contributed by atoms with Crippen molar-refractivity contribution < 1.29 is 0 Å². The second-order valence-corrected chi connectivity index (χ2v) is 6.72. The van der Waals surface area contributed by atoms with Crippen LogP contribution in [0.25, 0.3) is 0 Å². The molecular formula is C11H16N2S3. The molecule has 0 bridgehead atoms. The zero-order valence-corrected chi connectivity index (χ0v) is 11.9. The quantitative estimate of drug-likeness (QED) is 0.358. The lowest BCUT2D eigenvalue weighted by Crippen LogP contribution is -2.13. The number of nitrogens with one attached hydrogen (secondary N) is 1. The van der Waals surface area contributed by atoms with E-state index in [1.54, 1.807) is 0 Å². The fourth-order valence-corrected chi connectivity index (χ4v) is 3.46. The third-order valence-electron chi connectivity index (χ3n) is 1.88. The van der Waals surface area contributed by atoms with E-state index in [1.165, 1.54) is 5.57 Å². The van der Waals surface area contributed by atoms with Crippen molar-refractivity contribution in [2.45, 2.75) is 25.5 Å². The second-order valence-electron chi connectivity index (χ2n) is 3.25. The van der Waals surface area contributed by atoms with Crippen LogP contribution in [0.1, 0.15) is 20.3 Å². The predicted octanol–water partition coefficient (Wildman–Crippen LogP) is 3.57. The van der Waals surface area contributed by atoms with Crippen LogP contribution in [0.5, 0.6) is 0 Å². The Morgan fingerprint density at radius 1 is 1.75 bits per heavy atom. The fraction of sp³-hybridized carbons (Fsp3) is 0.455. The van der Waals surface area contributed by atoms with E-state index in [-0.39, 0.29) is 0 Å². The van der Waals surface area contributed by atoms with Crippen LogP contribution in [0.4, 0.5) is 0 Å². The molecule has 0 radical (unpaired) electrons. The molecule has 5 heteroatoms. The predicted molar refractivity (Wildman–Crippen MR) is 81.3 cm³/mol. The maximum Gasteiger partial charge on any atom is 0.0930 e. The average Bonchev–Trinajstić information content (AvgIpc) is 2.27. The highest BCUT2D eigenvalue weighted by molar-refractivity contribution is 8.77. The van der Waals surface area contributed by atoms with Gasteiger partial charge in [0.2, 0.25) is 0 Å². The van der Waals surface area contributed by atoms with Gasteiger partial charge in [-0.05, 0) is 18.9 Å². The molecule has 1 N–H and O–H groups in total. The Hall–Kier alpha value is -0.260. The van der Waals surface area contributed by atoms with Crippen LogP contribution in [-0.4, -0.2) is 22.2 Å². The molecule has 1 rings (SSSR count). The van der Waals surface area contributed by atoms with E-state index in [4.69, 9.17) is 12.2 Å². The van der Waals surface area contributed by atoms with E-state index in [0.717, 1.165) is 12.2 Å². The Balaban J connectivity index is 2.52. The third kappa shape index (κ3) is 5.18. The lowest BCUT2D eigenvalue weighted by Gasteiger charge is -2.16. The summed E-state index contributed by atoms with van der Waals surface area (Å²) in [4.78, 5) is 0.690. The van der Waals surface area contributed by atoms with Crippen LogP contribution >= 0.6 is 33.8 Å². The summed E-state index contributed by atoms with van der Waals surface area (Å²) >= 11 is 4.89. The summed E-state index contributed by atoms with van der Waals surface area (Å²) < 4.78 is 0. The lowest BCUT2D eigenvalue weighted by molar-refractivity contribution is 1.01. The largest absolute Gasteiger partial charge is 0.272 e. The summed E-state index contributed by atoms with van der Waals surface area (Å²) in [6.07, 6.45) is 9.34. The van der Waals surface area contributed by atoms with Crippen molar-refractivity contribution in [1.82, 2.24) is 5.43 Å². The van der Waals surface area contributed by atoms with E-state index in [0.29, 0.717) is 10.2 Å². The molecule has 0 saturated heterocycles. The molecule has 1 atom stereocenters. The molecule has 16 heavy (non-hydrogen) atoms. The minimum absolute atomic E-state index is 0.505. The molecule has 0 aliphatic heterocycles. The van der Waals surface area contributed by atoms with Gasteiger partial charge in [0.05, 0.1) is 11.2 Å². The first kappa shape index (κ1) is 13.8. The summed E-state index contributed by atoms with van der Waals surface area (Å²) in [6, 6.07) is 0. The van der Waals surface area contributed by atoms with Gasteiger partial charge < -0.3 is 0 Å². The Morgan fingerprint density at radius 2 is 2.56 bits per heavy atom. The molecule has 0 fully saturated rings. The van der Waals surface area contributed by atoms with E-state index in [2.05, 4.69) is 35.7 Å². The topological polar surface area (TPSA) is 24.4 Å². The molecule has 0 aromatic carbocycles. The van der Waals surface area contributed by atoms with Crippen molar-refractivity contribution in [3.05, 3.63) is 23.8 Å². The van der Waals surface area contributed by atoms with Gasteiger partial charge in [-0.25, -0.2) is 0 Å². The highest BCUT2D eigenvalue weighted by atomic mass is 33.1.